The number of nitrogens with one attached hydrogen (secondary N) is 2. The summed E-state index contributed by atoms with van der Waals surface area (Å²) in [5.74, 6) is 0. The van der Waals surface area contributed by atoms with E-state index in [1.807, 2.05) is 6.20 Å². The summed E-state index contributed by atoms with van der Waals surface area (Å²) >= 11 is 0. The first-order valence-electron chi connectivity index (χ1n) is 7.71. The highest BCUT2D eigenvalue weighted by molar-refractivity contribution is 5.83. The number of urea groups is 1. The number of aliphatic hydroxyl groups is 1. The molecule has 0 fully saturated rings. The van der Waals surface area contributed by atoms with Crippen LogP contribution in [-0.2, 0) is 6.42 Å². The molecular formula is C17H25N3O2. The minimum atomic E-state index is -0.384. The molecule has 2 rings (SSSR count). The summed E-state index contributed by atoms with van der Waals surface area (Å²) in [6.07, 6.45) is 3.00. The van der Waals surface area contributed by atoms with Gasteiger partial charge in [-0.25, -0.2) is 4.79 Å². The van der Waals surface area contributed by atoms with Gasteiger partial charge in [0.25, 0.3) is 0 Å². The first-order valence-corrected chi connectivity index (χ1v) is 7.71. The Labute approximate surface area is 131 Å². The second-order valence-electron chi connectivity index (χ2n) is 5.90. The highest BCUT2D eigenvalue weighted by Gasteiger charge is 2.09. The van der Waals surface area contributed by atoms with E-state index in [0.29, 0.717) is 19.5 Å². The van der Waals surface area contributed by atoms with E-state index >= 15 is 0 Å². The van der Waals surface area contributed by atoms with Crippen LogP contribution in [0.4, 0.5) is 4.79 Å². The van der Waals surface area contributed by atoms with Gasteiger partial charge in [-0.15, -0.1) is 0 Å². The number of rotatable bonds is 6. The molecule has 0 bridgehead atoms. The number of benzene rings is 1. The summed E-state index contributed by atoms with van der Waals surface area (Å²) in [5, 5.41) is 13.4. The van der Waals surface area contributed by atoms with Crippen molar-refractivity contribution in [3.63, 3.8) is 0 Å². The fraction of sp³-hybridized carbons (Fsp3) is 0.471. The van der Waals surface area contributed by atoms with Crippen LogP contribution in [0.2, 0.25) is 0 Å². The van der Waals surface area contributed by atoms with Crippen LogP contribution in [-0.4, -0.2) is 47.3 Å². The van der Waals surface area contributed by atoms with Crippen molar-refractivity contribution < 1.29 is 9.90 Å². The predicted octanol–water partition coefficient (Wildman–Crippen LogP) is 2.43. The molecule has 1 unspecified atom stereocenters. The van der Waals surface area contributed by atoms with E-state index in [0.717, 1.165) is 11.9 Å². The molecule has 2 amide bonds. The van der Waals surface area contributed by atoms with E-state index in [1.54, 1.807) is 18.9 Å². The van der Waals surface area contributed by atoms with Gasteiger partial charge in [0.2, 0.25) is 0 Å². The van der Waals surface area contributed by atoms with Crippen molar-refractivity contribution >= 4 is 16.9 Å². The molecule has 0 aliphatic heterocycles. The molecule has 0 saturated carbocycles. The first-order chi connectivity index (χ1) is 10.5. The van der Waals surface area contributed by atoms with Crippen LogP contribution in [0.1, 0.15) is 24.5 Å². The van der Waals surface area contributed by atoms with Gasteiger partial charge in [0, 0.05) is 37.2 Å². The van der Waals surface area contributed by atoms with Crippen molar-refractivity contribution in [2.45, 2.75) is 32.8 Å². The minimum absolute atomic E-state index is 0.101. The normalized spacial score (nSPS) is 12.4. The molecule has 2 aromatic rings. The molecule has 3 N–H and O–H groups in total. The van der Waals surface area contributed by atoms with Crippen LogP contribution in [0.3, 0.4) is 0 Å². The molecule has 120 valence electrons. The fourth-order valence-electron chi connectivity index (χ4n) is 2.43. The highest BCUT2D eigenvalue weighted by atomic mass is 16.3. The van der Waals surface area contributed by atoms with Gasteiger partial charge >= 0.3 is 6.03 Å². The smallest absolute Gasteiger partial charge is 0.317 e. The van der Waals surface area contributed by atoms with E-state index in [4.69, 9.17) is 0 Å². The van der Waals surface area contributed by atoms with Gasteiger partial charge in [0.1, 0.15) is 0 Å². The molecule has 5 nitrogen and oxygen atoms in total. The van der Waals surface area contributed by atoms with Crippen molar-refractivity contribution in [3.05, 3.63) is 35.5 Å². The Bertz CT molecular complexity index is 634. The van der Waals surface area contributed by atoms with Crippen LogP contribution in [0.5, 0.6) is 0 Å². The average molecular weight is 303 g/mol. The number of H-pyrrole nitrogens is 1. The third-order valence-electron chi connectivity index (χ3n) is 3.82. The molecule has 1 aromatic carbocycles. The zero-order valence-corrected chi connectivity index (χ0v) is 13.5. The van der Waals surface area contributed by atoms with E-state index in [-0.39, 0.29) is 12.1 Å². The van der Waals surface area contributed by atoms with Gasteiger partial charge in [-0.2, -0.15) is 0 Å². The number of hydrogen-bond donors (Lipinski definition) is 3. The third kappa shape index (κ3) is 4.24. The largest absolute Gasteiger partial charge is 0.393 e. The zero-order valence-electron chi connectivity index (χ0n) is 13.5. The Kier molecular flexibility index (Phi) is 5.44. The first kappa shape index (κ1) is 16.4. The molecule has 1 heterocycles. The Morgan fingerprint density at radius 2 is 2.23 bits per heavy atom. The molecule has 22 heavy (non-hydrogen) atoms. The average Bonchev–Trinajstić information content (AvgIpc) is 2.86. The number of aryl methyl sites for hydroxylation is 1. The van der Waals surface area contributed by atoms with Crippen molar-refractivity contribution in [2.75, 3.05) is 20.1 Å². The van der Waals surface area contributed by atoms with Crippen molar-refractivity contribution in [3.8, 4) is 0 Å². The number of nitrogens with zero attached hydrogens (tertiary/aromatic N) is 1. The van der Waals surface area contributed by atoms with Crippen LogP contribution in [0, 0.1) is 6.92 Å². The number of carbonyl (C=O) groups is 1. The Balaban J connectivity index is 1.83. The minimum Gasteiger partial charge on any atom is -0.393 e. The molecule has 0 aliphatic rings. The lowest BCUT2D eigenvalue weighted by Crippen LogP contribution is -2.39. The summed E-state index contributed by atoms with van der Waals surface area (Å²) < 4.78 is 0. The number of fused-ring (bicyclic) bond motifs is 1. The van der Waals surface area contributed by atoms with Crippen LogP contribution in [0.15, 0.2) is 24.4 Å². The molecule has 0 spiro atoms. The quantitative estimate of drug-likeness (QED) is 0.767. The predicted molar refractivity (Wildman–Crippen MR) is 89.1 cm³/mol. The maximum atomic E-state index is 11.9. The molecule has 1 aromatic heterocycles. The van der Waals surface area contributed by atoms with Gasteiger partial charge in [-0.1, -0.05) is 12.1 Å². The molecule has 0 saturated heterocycles. The maximum Gasteiger partial charge on any atom is 0.317 e. The van der Waals surface area contributed by atoms with E-state index in [2.05, 4.69) is 35.4 Å². The number of carbonyl (C=O) groups excluding carboxylic acids is 1. The van der Waals surface area contributed by atoms with Crippen LogP contribution < -0.4 is 5.32 Å². The number of aromatic amines is 1. The zero-order chi connectivity index (χ0) is 16.1. The summed E-state index contributed by atoms with van der Waals surface area (Å²) in [6.45, 7) is 4.95. The van der Waals surface area contributed by atoms with Crippen LogP contribution >= 0.6 is 0 Å². The third-order valence-corrected chi connectivity index (χ3v) is 3.82. The Morgan fingerprint density at radius 1 is 1.45 bits per heavy atom. The van der Waals surface area contributed by atoms with Crippen molar-refractivity contribution in [1.82, 2.24) is 15.2 Å². The summed E-state index contributed by atoms with van der Waals surface area (Å²) in [7, 11) is 1.74. The SMILES string of the molecule is Cc1ccc2c(CCNC(=O)N(C)CCC(C)O)c[nH]c2c1. The van der Waals surface area contributed by atoms with Gasteiger partial charge < -0.3 is 20.3 Å². The number of amides is 2. The molecule has 0 aliphatic carbocycles. The maximum absolute atomic E-state index is 11.9. The number of aliphatic hydroxyl groups excluding tert-OH is 1. The standard InChI is InChI=1S/C17H25N3O2/c1-12-4-5-15-14(11-19-16(15)10-12)6-8-18-17(22)20(3)9-7-13(2)21/h4-5,10-11,13,19,21H,6-9H2,1-3H3,(H,18,22). The lowest BCUT2D eigenvalue weighted by atomic mass is 10.1. The summed E-state index contributed by atoms with van der Waals surface area (Å²) in [5.41, 5.74) is 3.58. The van der Waals surface area contributed by atoms with E-state index < -0.39 is 0 Å². The monoisotopic (exact) mass is 303 g/mol. The second-order valence-corrected chi connectivity index (χ2v) is 5.90. The Morgan fingerprint density at radius 3 is 2.95 bits per heavy atom. The van der Waals surface area contributed by atoms with Gasteiger partial charge in [-0.3, -0.25) is 0 Å². The van der Waals surface area contributed by atoms with E-state index in [9.17, 15) is 9.90 Å². The number of aromatic nitrogens is 1. The molecule has 0 radical (unpaired) electrons. The fourth-order valence-corrected chi connectivity index (χ4v) is 2.43. The number of hydrogen-bond acceptors (Lipinski definition) is 2. The topological polar surface area (TPSA) is 68.4 Å². The lowest BCUT2D eigenvalue weighted by molar-refractivity contribution is 0.163. The summed E-state index contributed by atoms with van der Waals surface area (Å²) in [6, 6.07) is 6.24. The summed E-state index contributed by atoms with van der Waals surface area (Å²) in [4.78, 5) is 16.8. The molecular weight excluding hydrogens is 278 g/mol. The van der Waals surface area contributed by atoms with Gasteiger partial charge in [-0.05, 0) is 43.9 Å². The van der Waals surface area contributed by atoms with Crippen molar-refractivity contribution in [2.24, 2.45) is 0 Å². The van der Waals surface area contributed by atoms with E-state index in [1.165, 1.54) is 16.5 Å². The second kappa shape index (κ2) is 7.31. The highest BCUT2D eigenvalue weighted by Crippen LogP contribution is 2.19. The molecule has 5 heteroatoms. The lowest BCUT2D eigenvalue weighted by Gasteiger charge is -2.18. The van der Waals surface area contributed by atoms with Crippen molar-refractivity contribution in [1.29, 1.82) is 0 Å². The van der Waals surface area contributed by atoms with Gasteiger partial charge in [0.15, 0.2) is 0 Å². The van der Waals surface area contributed by atoms with Gasteiger partial charge in [0.05, 0.1) is 6.10 Å². The Hall–Kier alpha value is -2.01. The molecule has 1 atom stereocenters. The van der Waals surface area contributed by atoms with Crippen LogP contribution in [0.25, 0.3) is 10.9 Å².